The standard InChI is InChI=1S/C16H10N2OS2/c17-9-11-2-1-3-13(8-11)15(19)14(16-20-10-21-16)12-4-6-18-7-5-12/h1-8H,10H2. The Kier molecular flexibility index (Phi) is 4.09. The fourth-order valence-electron chi connectivity index (χ4n) is 2.00. The average Bonchev–Trinajstić information content (AvgIpc) is 2.51. The second-order valence-corrected chi connectivity index (χ2v) is 6.92. The van der Waals surface area contributed by atoms with E-state index in [1.807, 2.05) is 12.1 Å². The summed E-state index contributed by atoms with van der Waals surface area (Å²) < 4.78 is 1.04. The summed E-state index contributed by atoms with van der Waals surface area (Å²) in [4.78, 5) is 16.8. The van der Waals surface area contributed by atoms with Crippen LogP contribution in [0.5, 0.6) is 0 Å². The van der Waals surface area contributed by atoms with Gasteiger partial charge in [0, 0.05) is 28.6 Å². The largest absolute Gasteiger partial charge is 0.289 e. The minimum absolute atomic E-state index is 0.0481. The van der Waals surface area contributed by atoms with Gasteiger partial charge in [-0.3, -0.25) is 9.78 Å². The molecular weight excluding hydrogens is 300 g/mol. The fraction of sp³-hybridized carbons (Fsp3) is 0.0625. The number of allylic oxidation sites excluding steroid dienone is 1. The van der Waals surface area contributed by atoms with Gasteiger partial charge in [-0.1, -0.05) is 12.1 Å². The Balaban J connectivity index is 2.06. The molecule has 1 aromatic carbocycles. The smallest absolute Gasteiger partial charge is 0.195 e. The molecule has 0 unspecified atom stereocenters. The maximum Gasteiger partial charge on any atom is 0.195 e. The first-order valence-corrected chi connectivity index (χ1v) is 8.22. The van der Waals surface area contributed by atoms with Crippen molar-refractivity contribution in [1.29, 1.82) is 5.26 Å². The van der Waals surface area contributed by atoms with Crippen LogP contribution in [0.2, 0.25) is 0 Å². The number of benzene rings is 1. The molecule has 0 radical (unpaired) electrons. The van der Waals surface area contributed by atoms with Crippen LogP contribution >= 0.6 is 23.5 Å². The van der Waals surface area contributed by atoms with Crippen molar-refractivity contribution in [2.45, 2.75) is 0 Å². The molecule has 2 aromatic rings. The summed E-state index contributed by atoms with van der Waals surface area (Å²) >= 11 is 3.36. The first-order valence-electron chi connectivity index (χ1n) is 6.25. The molecule has 2 heterocycles. The van der Waals surface area contributed by atoms with Gasteiger partial charge in [0.15, 0.2) is 5.78 Å². The molecular formula is C16H10N2OS2. The van der Waals surface area contributed by atoms with Gasteiger partial charge in [0.2, 0.25) is 0 Å². The lowest BCUT2D eigenvalue weighted by molar-refractivity contribution is 0.105. The number of carbonyl (C=O) groups excluding carboxylic acids is 1. The van der Waals surface area contributed by atoms with E-state index in [0.29, 0.717) is 16.7 Å². The van der Waals surface area contributed by atoms with Crippen LogP contribution < -0.4 is 0 Å². The monoisotopic (exact) mass is 310 g/mol. The van der Waals surface area contributed by atoms with E-state index in [4.69, 9.17) is 5.26 Å². The van der Waals surface area contributed by atoms with Gasteiger partial charge in [0.25, 0.3) is 0 Å². The molecule has 0 aliphatic carbocycles. The first kappa shape index (κ1) is 13.9. The SMILES string of the molecule is N#Cc1cccc(C(=O)C(=C2SCS2)c2ccncc2)c1. The zero-order valence-corrected chi connectivity index (χ0v) is 12.6. The Bertz CT molecular complexity index is 757. The molecule has 102 valence electrons. The number of nitriles is 1. The number of Topliss-reactive ketones (excluding diaryl/α,β-unsaturated/α-hetero) is 1. The van der Waals surface area contributed by atoms with Crippen LogP contribution in [0.3, 0.4) is 0 Å². The van der Waals surface area contributed by atoms with Gasteiger partial charge in [0.05, 0.1) is 15.9 Å². The molecule has 1 fully saturated rings. The molecule has 0 amide bonds. The molecule has 21 heavy (non-hydrogen) atoms. The molecule has 3 nitrogen and oxygen atoms in total. The molecule has 0 saturated carbocycles. The number of hydrogen-bond acceptors (Lipinski definition) is 5. The summed E-state index contributed by atoms with van der Waals surface area (Å²) in [7, 11) is 0. The zero-order valence-electron chi connectivity index (χ0n) is 10.9. The summed E-state index contributed by atoms with van der Waals surface area (Å²) in [5.41, 5.74) is 2.61. The van der Waals surface area contributed by atoms with Gasteiger partial charge in [-0.2, -0.15) is 5.26 Å². The molecule has 0 N–H and O–H groups in total. The number of pyridine rings is 1. The normalized spacial score (nSPS) is 13.2. The van der Waals surface area contributed by atoms with Crippen LogP contribution in [-0.4, -0.2) is 15.9 Å². The highest BCUT2D eigenvalue weighted by Gasteiger charge is 2.24. The maximum absolute atomic E-state index is 12.8. The van der Waals surface area contributed by atoms with E-state index in [2.05, 4.69) is 11.1 Å². The summed E-state index contributed by atoms with van der Waals surface area (Å²) in [5.74, 6) is -0.0481. The average molecular weight is 310 g/mol. The highest BCUT2D eigenvalue weighted by atomic mass is 32.3. The minimum Gasteiger partial charge on any atom is -0.289 e. The van der Waals surface area contributed by atoms with Crippen LogP contribution in [0.15, 0.2) is 53.0 Å². The van der Waals surface area contributed by atoms with E-state index in [1.54, 1.807) is 60.2 Å². The van der Waals surface area contributed by atoms with E-state index in [0.717, 1.165) is 14.9 Å². The van der Waals surface area contributed by atoms with Crippen molar-refractivity contribution in [3.8, 4) is 6.07 Å². The third-order valence-corrected chi connectivity index (χ3v) is 5.62. The Morgan fingerprint density at radius 3 is 2.52 bits per heavy atom. The summed E-state index contributed by atoms with van der Waals surface area (Å²) in [6.07, 6.45) is 3.37. The number of rotatable bonds is 3. The van der Waals surface area contributed by atoms with Gasteiger partial charge in [-0.15, -0.1) is 23.5 Å². The number of aromatic nitrogens is 1. The topological polar surface area (TPSA) is 53.8 Å². The van der Waals surface area contributed by atoms with Crippen molar-refractivity contribution in [3.63, 3.8) is 0 Å². The lowest BCUT2D eigenvalue weighted by atomic mass is 9.98. The quantitative estimate of drug-likeness (QED) is 0.635. The van der Waals surface area contributed by atoms with Gasteiger partial charge in [-0.25, -0.2) is 0 Å². The summed E-state index contributed by atoms with van der Waals surface area (Å²) in [6, 6.07) is 12.6. The number of thioether (sulfide) groups is 2. The first-order chi connectivity index (χ1) is 10.3. The van der Waals surface area contributed by atoms with E-state index in [9.17, 15) is 4.79 Å². The van der Waals surface area contributed by atoms with E-state index in [-0.39, 0.29) is 5.78 Å². The molecule has 1 aliphatic rings. The van der Waals surface area contributed by atoms with Crippen LogP contribution in [0.25, 0.3) is 5.57 Å². The van der Waals surface area contributed by atoms with Crippen molar-refractivity contribution < 1.29 is 4.79 Å². The third-order valence-electron chi connectivity index (χ3n) is 3.03. The van der Waals surface area contributed by atoms with Crippen molar-refractivity contribution >= 4 is 34.9 Å². The van der Waals surface area contributed by atoms with E-state index < -0.39 is 0 Å². The predicted octanol–water partition coefficient (Wildman–Crippen LogP) is 3.94. The number of carbonyl (C=O) groups is 1. The highest BCUT2D eigenvalue weighted by Crippen LogP contribution is 2.48. The number of nitrogens with zero attached hydrogens (tertiary/aromatic N) is 2. The molecule has 5 heteroatoms. The molecule has 1 aromatic heterocycles. The molecule has 1 aliphatic heterocycles. The van der Waals surface area contributed by atoms with Crippen molar-refractivity contribution in [2.75, 3.05) is 5.08 Å². The molecule has 3 rings (SSSR count). The van der Waals surface area contributed by atoms with Crippen LogP contribution in [0, 0.1) is 11.3 Å². The summed E-state index contributed by atoms with van der Waals surface area (Å²) in [5, 5.41) is 9.94. The number of ketones is 1. The van der Waals surface area contributed by atoms with Gasteiger partial charge >= 0.3 is 0 Å². The highest BCUT2D eigenvalue weighted by molar-refractivity contribution is 8.37. The Labute approximate surface area is 131 Å². The van der Waals surface area contributed by atoms with Crippen LogP contribution in [0.4, 0.5) is 0 Å². The van der Waals surface area contributed by atoms with Gasteiger partial charge < -0.3 is 0 Å². The molecule has 0 bridgehead atoms. The Morgan fingerprint density at radius 1 is 1.14 bits per heavy atom. The van der Waals surface area contributed by atoms with Crippen molar-refractivity contribution in [3.05, 3.63) is 69.7 Å². The molecule has 0 spiro atoms. The Hall–Kier alpha value is -2.03. The predicted molar refractivity (Wildman–Crippen MR) is 86.7 cm³/mol. The van der Waals surface area contributed by atoms with Crippen molar-refractivity contribution in [2.24, 2.45) is 0 Å². The fourth-order valence-corrected chi connectivity index (χ4v) is 3.65. The molecule has 1 saturated heterocycles. The third kappa shape index (κ3) is 2.87. The maximum atomic E-state index is 12.8. The number of hydrogen-bond donors (Lipinski definition) is 0. The van der Waals surface area contributed by atoms with Crippen LogP contribution in [-0.2, 0) is 0 Å². The van der Waals surface area contributed by atoms with Gasteiger partial charge in [0.1, 0.15) is 0 Å². The molecule has 0 atom stereocenters. The van der Waals surface area contributed by atoms with Crippen LogP contribution in [0.1, 0.15) is 21.5 Å². The second-order valence-electron chi connectivity index (χ2n) is 4.33. The zero-order chi connectivity index (χ0) is 14.7. The lowest BCUT2D eigenvalue weighted by Crippen LogP contribution is -2.07. The van der Waals surface area contributed by atoms with Gasteiger partial charge in [-0.05, 0) is 29.8 Å². The van der Waals surface area contributed by atoms with E-state index in [1.165, 1.54) is 0 Å². The summed E-state index contributed by atoms with van der Waals surface area (Å²) in [6.45, 7) is 0. The second kappa shape index (κ2) is 6.17. The minimum atomic E-state index is -0.0481. The van der Waals surface area contributed by atoms with E-state index >= 15 is 0 Å². The van der Waals surface area contributed by atoms with Crippen molar-refractivity contribution in [1.82, 2.24) is 4.98 Å². The lowest BCUT2D eigenvalue weighted by Gasteiger charge is -2.20. The Morgan fingerprint density at radius 2 is 1.90 bits per heavy atom.